The van der Waals surface area contributed by atoms with E-state index in [1.807, 2.05) is 18.2 Å². The van der Waals surface area contributed by atoms with Crippen molar-refractivity contribution in [2.75, 3.05) is 6.61 Å². The van der Waals surface area contributed by atoms with E-state index in [9.17, 15) is 0 Å². The Morgan fingerprint density at radius 1 is 1.29 bits per heavy atom. The molecule has 2 nitrogen and oxygen atoms in total. The highest BCUT2D eigenvalue weighted by Crippen LogP contribution is 2.25. The van der Waals surface area contributed by atoms with E-state index in [1.165, 1.54) is 18.4 Å². The van der Waals surface area contributed by atoms with Gasteiger partial charge in [-0.1, -0.05) is 44.0 Å². The van der Waals surface area contributed by atoms with Crippen molar-refractivity contribution in [1.82, 2.24) is 0 Å². The van der Waals surface area contributed by atoms with E-state index >= 15 is 0 Å². The van der Waals surface area contributed by atoms with Crippen molar-refractivity contribution in [1.29, 1.82) is 0 Å². The molecular weight excluding hydrogens is 210 g/mol. The molecule has 0 saturated carbocycles. The van der Waals surface area contributed by atoms with Crippen LogP contribution < -0.4 is 10.5 Å². The lowest BCUT2D eigenvalue weighted by Crippen LogP contribution is -2.06. The molecule has 0 aromatic heterocycles. The van der Waals surface area contributed by atoms with Gasteiger partial charge < -0.3 is 10.5 Å². The molecular formula is C15H23NO. The third kappa shape index (κ3) is 4.23. The van der Waals surface area contributed by atoms with E-state index in [0.717, 1.165) is 30.8 Å². The maximum absolute atomic E-state index is 5.89. The molecule has 0 aliphatic heterocycles. The summed E-state index contributed by atoms with van der Waals surface area (Å²) < 4.78 is 5.89. The maximum Gasteiger partial charge on any atom is 0.127 e. The third-order valence-electron chi connectivity index (χ3n) is 2.76. The van der Waals surface area contributed by atoms with Gasteiger partial charge in [-0.3, -0.25) is 0 Å². The molecule has 0 saturated heterocycles. The molecule has 0 radical (unpaired) electrons. The van der Waals surface area contributed by atoms with Crippen molar-refractivity contribution in [3.63, 3.8) is 0 Å². The minimum atomic E-state index is 0.522. The minimum absolute atomic E-state index is 0.522. The fourth-order valence-corrected chi connectivity index (χ4v) is 1.83. The first-order chi connectivity index (χ1) is 8.33. The molecule has 0 heterocycles. The zero-order valence-electron chi connectivity index (χ0n) is 10.7. The van der Waals surface area contributed by atoms with Crippen LogP contribution in [0.2, 0.25) is 0 Å². The topological polar surface area (TPSA) is 35.2 Å². The lowest BCUT2D eigenvalue weighted by molar-refractivity contribution is 0.301. The summed E-state index contributed by atoms with van der Waals surface area (Å²) in [7, 11) is 0. The molecule has 17 heavy (non-hydrogen) atoms. The van der Waals surface area contributed by atoms with Gasteiger partial charge >= 0.3 is 0 Å². The second kappa shape index (κ2) is 7.91. The van der Waals surface area contributed by atoms with E-state index in [1.54, 1.807) is 0 Å². The van der Waals surface area contributed by atoms with Gasteiger partial charge in [-0.05, 0) is 18.4 Å². The lowest BCUT2D eigenvalue weighted by Gasteiger charge is -2.14. The van der Waals surface area contributed by atoms with Crippen molar-refractivity contribution in [3.05, 3.63) is 42.0 Å². The number of hydrogen-bond donors (Lipinski definition) is 1. The van der Waals surface area contributed by atoms with Gasteiger partial charge in [0.15, 0.2) is 0 Å². The van der Waals surface area contributed by atoms with Crippen molar-refractivity contribution in [3.8, 4) is 5.75 Å². The van der Waals surface area contributed by atoms with Crippen LogP contribution >= 0.6 is 0 Å². The molecule has 94 valence electrons. The van der Waals surface area contributed by atoms with Gasteiger partial charge in [0.1, 0.15) is 5.75 Å². The second-order valence-electron chi connectivity index (χ2n) is 4.16. The summed E-state index contributed by atoms with van der Waals surface area (Å²) in [5.41, 5.74) is 8.00. The van der Waals surface area contributed by atoms with Crippen molar-refractivity contribution in [2.45, 2.75) is 39.2 Å². The van der Waals surface area contributed by atoms with E-state index in [2.05, 4.69) is 19.6 Å². The average molecular weight is 233 g/mol. The van der Waals surface area contributed by atoms with Gasteiger partial charge in [0.05, 0.1) is 6.61 Å². The second-order valence-corrected chi connectivity index (χ2v) is 4.16. The van der Waals surface area contributed by atoms with Gasteiger partial charge in [0, 0.05) is 12.1 Å². The first-order valence-electron chi connectivity index (χ1n) is 6.38. The summed E-state index contributed by atoms with van der Waals surface area (Å²) in [6.45, 7) is 7.26. The van der Waals surface area contributed by atoms with Crippen LogP contribution in [0.25, 0.3) is 0 Å². The third-order valence-corrected chi connectivity index (χ3v) is 2.76. The zero-order valence-corrected chi connectivity index (χ0v) is 10.7. The van der Waals surface area contributed by atoms with E-state index < -0.39 is 0 Å². The maximum atomic E-state index is 5.89. The van der Waals surface area contributed by atoms with Crippen LogP contribution in [0.3, 0.4) is 0 Å². The average Bonchev–Trinajstić information content (AvgIpc) is 2.36. The molecule has 1 rings (SSSR count). The summed E-state index contributed by atoms with van der Waals surface area (Å²) >= 11 is 0. The lowest BCUT2D eigenvalue weighted by atomic mass is 10.1. The van der Waals surface area contributed by atoms with Crippen molar-refractivity contribution in [2.24, 2.45) is 5.73 Å². The SMILES string of the molecule is C=CCc1cccc(CN)c1OCCCCC. The Morgan fingerprint density at radius 3 is 2.71 bits per heavy atom. The van der Waals surface area contributed by atoms with Crippen LogP contribution in [0.15, 0.2) is 30.9 Å². The first-order valence-corrected chi connectivity index (χ1v) is 6.38. The summed E-state index contributed by atoms with van der Waals surface area (Å²) in [6.07, 6.45) is 6.25. The molecule has 1 aromatic rings. The minimum Gasteiger partial charge on any atom is -0.493 e. The standard InChI is InChI=1S/C15H23NO/c1-3-5-6-11-17-15-13(8-4-2)9-7-10-14(15)12-16/h4,7,9-10H,2-3,5-6,8,11-12,16H2,1H3. The van der Waals surface area contributed by atoms with E-state index in [4.69, 9.17) is 10.5 Å². The van der Waals surface area contributed by atoms with Crippen LogP contribution in [0, 0.1) is 0 Å². The number of hydrogen-bond acceptors (Lipinski definition) is 2. The summed E-state index contributed by atoms with van der Waals surface area (Å²) in [5, 5.41) is 0. The highest BCUT2D eigenvalue weighted by molar-refractivity contribution is 5.42. The Hall–Kier alpha value is -1.28. The van der Waals surface area contributed by atoms with Gasteiger partial charge in [-0.2, -0.15) is 0 Å². The number of para-hydroxylation sites is 1. The molecule has 0 bridgehead atoms. The molecule has 0 aliphatic carbocycles. The number of ether oxygens (including phenoxy) is 1. The predicted octanol–water partition coefficient (Wildman–Crippen LogP) is 3.44. The van der Waals surface area contributed by atoms with Crippen LogP contribution in [0.1, 0.15) is 37.3 Å². The molecule has 0 atom stereocenters. The van der Waals surface area contributed by atoms with Crippen LogP contribution in [-0.4, -0.2) is 6.61 Å². The molecule has 2 N–H and O–H groups in total. The first kappa shape index (κ1) is 13.8. The Labute approximate surface area is 104 Å². The van der Waals surface area contributed by atoms with Gasteiger partial charge in [0.25, 0.3) is 0 Å². The Balaban J connectivity index is 2.73. The Bertz CT molecular complexity index is 347. The fourth-order valence-electron chi connectivity index (χ4n) is 1.83. The van der Waals surface area contributed by atoms with Crippen LogP contribution in [0.5, 0.6) is 5.75 Å². The molecule has 1 aromatic carbocycles. The summed E-state index contributed by atoms with van der Waals surface area (Å²) in [6, 6.07) is 6.14. The number of allylic oxidation sites excluding steroid dienone is 1. The highest BCUT2D eigenvalue weighted by atomic mass is 16.5. The molecule has 2 heteroatoms. The van der Waals surface area contributed by atoms with Crippen LogP contribution in [-0.2, 0) is 13.0 Å². The van der Waals surface area contributed by atoms with Gasteiger partial charge in [-0.15, -0.1) is 6.58 Å². The molecule has 0 unspecified atom stereocenters. The number of benzene rings is 1. The quantitative estimate of drug-likeness (QED) is 0.551. The smallest absolute Gasteiger partial charge is 0.127 e. The Kier molecular flexibility index (Phi) is 6.41. The summed E-state index contributed by atoms with van der Waals surface area (Å²) in [5.74, 6) is 0.964. The van der Waals surface area contributed by atoms with Gasteiger partial charge in [-0.25, -0.2) is 0 Å². The van der Waals surface area contributed by atoms with Crippen molar-refractivity contribution >= 4 is 0 Å². The molecule has 0 amide bonds. The zero-order chi connectivity index (χ0) is 12.5. The monoisotopic (exact) mass is 233 g/mol. The number of nitrogens with two attached hydrogens (primary N) is 1. The van der Waals surface area contributed by atoms with Gasteiger partial charge in [0.2, 0.25) is 0 Å². The van der Waals surface area contributed by atoms with E-state index in [0.29, 0.717) is 6.54 Å². The molecule has 0 fully saturated rings. The Morgan fingerprint density at radius 2 is 2.06 bits per heavy atom. The molecule has 0 spiro atoms. The molecule has 0 aliphatic rings. The van der Waals surface area contributed by atoms with E-state index in [-0.39, 0.29) is 0 Å². The highest BCUT2D eigenvalue weighted by Gasteiger charge is 2.07. The number of rotatable bonds is 8. The number of unbranched alkanes of at least 4 members (excludes halogenated alkanes) is 2. The predicted molar refractivity (Wildman–Crippen MR) is 73.3 cm³/mol. The largest absolute Gasteiger partial charge is 0.493 e. The van der Waals surface area contributed by atoms with Crippen molar-refractivity contribution < 1.29 is 4.74 Å². The summed E-state index contributed by atoms with van der Waals surface area (Å²) in [4.78, 5) is 0. The fraction of sp³-hybridized carbons (Fsp3) is 0.467. The normalized spacial score (nSPS) is 10.2. The van der Waals surface area contributed by atoms with Crippen LogP contribution in [0.4, 0.5) is 0 Å².